The molecule has 1 N–H and O–H groups in total. The highest BCUT2D eigenvalue weighted by Crippen LogP contribution is 2.29. The summed E-state index contributed by atoms with van der Waals surface area (Å²) in [6, 6.07) is 8.54. The van der Waals surface area contributed by atoms with Gasteiger partial charge in [-0.05, 0) is 37.1 Å². The van der Waals surface area contributed by atoms with Crippen LogP contribution in [0.2, 0.25) is 5.02 Å². The average Bonchev–Trinajstić information content (AvgIpc) is 2.38. The molecule has 1 aromatic carbocycles. The third-order valence-electron chi connectivity index (χ3n) is 3.32. The number of hydrogen-bond donors (Lipinski definition) is 1. The number of rotatable bonds is 4. The largest absolute Gasteiger partial charge is 0.381 e. The van der Waals surface area contributed by atoms with E-state index in [9.17, 15) is 0 Å². The van der Waals surface area contributed by atoms with Gasteiger partial charge in [0.25, 0.3) is 0 Å². The minimum absolute atomic E-state index is 0.387. The third kappa shape index (κ3) is 3.44. The summed E-state index contributed by atoms with van der Waals surface area (Å²) in [5, 5.41) is 4.36. The lowest BCUT2D eigenvalue weighted by Crippen LogP contribution is -2.33. The van der Waals surface area contributed by atoms with Crippen LogP contribution in [0.15, 0.2) is 24.3 Å². The quantitative estimate of drug-likeness (QED) is 0.888. The van der Waals surface area contributed by atoms with Crippen molar-refractivity contribution in [2.24, 2.45) is 5.92 Å². The normalized spacial score (nSPS) is 22.4. The predicted octanol–water partition coefficient (Wildman–Crippen LogP) is 3.42. The Bertz CT molecular complexity index is 333. The molecule has 0 bridgehead atoms. The second kappa shape index (κ2) is 6.39. The highest BCUT2D eigenvalue weighted by atomic mass is 35.5. The molecule has 0 saturated carbocycles. The van der Waals surface area contributed by atoms with E-state index < -0.39 is 0 Å². The van der Waals surface area contributed by atoms with E-state index in [1.807, 2.05) is 12.1 Å². The second-order valence-electron chi connectivity index (χ2n) is 4.56. The third-order valence-corrected chi connectivity index (χ3v) is 3.57. The summed E-state index contributed by atoms with van der Waals surface area (Å²) < 4.78 is 5.59. The summed E-state index contributed by atoms with van der Waals surface area (Å²) >= 11 is 5.93. The molecule has 0 aromatic heterocycles. The van der Waals surface area contributed by atoms with Gasteiger partial charge in [-0.15, -0.1) is 0 Å². The van der Waals surface area contributed by atoms with Crippen molar-refractivity contribution in [3.8, 4) is 0 Å². The average molecular weight is 254 g/mol. The number of halogens is 1. The van der Waals surface area contributed by atoms with Gasteiger partial charge in [0.1, 0.15) is 0 Å². The molecule has 94 valence electrons. The van der Waals surface area contributed by atoms with Gasteiger partial charge < -0.3 is 10.1 Å². The first-order valence-electron chi connectivity index (χ1n) is 6.38. The Morgan fingerprint density at radius 2 is 2.18 bits per heavy atom. The first kappa shape index (κ1) is 12.9. The molecule has 17 heavy (non-hydrogen) atoms. The first-order valence-corrected chi connectivity index (χ1v) is 6.75. The maximum Gasteiger partial charge on any atom is 0.0512 e. The Hall–Kier alpha value is -0.570. The summed E-state index contributed by atoms with van der Waals surface area (Å²) in [7, 11) is 0. The molecule has 0 radical (unpaired) electrons. The van der Waals surface area contributed by atoms with Crippen LogP contribution in [0, 0.1) is 5.92 Å². The van der Waals surface area contributed by atoms with Gasteiger partial charge in [0.2, 0.25) is 0 Å². The smallest absolute Gasteiger partial charge is 0.0512 e. The molecule has 1 saturated heterocycles. The molecular weight excluding hydrogens is 234 g/mol. The Kier molecular flexibility index (Phi) is 4.84. The van der Waals surface area contributed by atoms with Crippen molar-refractivity contribution in [1.82, 2.24) is 5.32 Å². The van der Waals surface area contributed by atoms with E-state index in [1.54, 1.807) is 0 Å². The molecule has 0 amide bonds. The Balaban J connectivity index is 2.12. The van der Waals surface area contributed by atoms with Gasteiger partial charge in [0.15, 0.2) is 0 Å². The van der Waals surface area contributed by atoms with Crippen LogP contribution in [0.4, 0.5) is 0 Å². The van der Waals surface area contributed by atoms with E-state index in [0.717, 1.165) is 24.8 Å². The lowest BCUT2D eigenvalue weighted by Gasteiger charge is -2.31. The van der Waals surface area contributed by atoms with Gasteiger partial charge in [-0.2, -0.15) is 0 Å². The summed E-state index contributed by atoms with van der Waals surface area (Å²) in [6.07, 6.45) is 2.40. The van der Waals surface area contributed by atoms with E-state index in [2.05, 4.69) is 24.4 Å². The maximum atomic E-state index is 5.93. The zero-order chi connectivity index (χ0) is 12.1. The topological polar surface area (TPSA) is 21.3 Å². The molecule has 1 fully saturated rings. The van der Waals surface area contributed by atoms with Gasteiger partial charge in [0, 0.05) is 23.6 Å². The molecular formula is C14H20ClNO. The molecule has 2 nitrogen and oxygen atoms in total. The van der Waals surface area contributed by atoms with Crippen LogP contribution >= 0.6 is 11.6 Å². The van der Waals surface area contributed by atoms with Crippen molar-refractivity contribution < 1.29 is 4.74 Å². The zero-order valence-corrected chi connectivity index (χ0v) is 11.0. The molecule has 1 heterocycles. The Labute approximate surface area is 108 Å². The van der Waals surface area contributed by atoms with Crippen molar-refractivity contribution in [1.29, 1.82) is 0 Å². The summed E-state index contributed by atoms with van der Waals surface area (Å²) in [4.78, 5) is 0. The first-order chi connectivity index (χ1) is 8.31. The van der Waals surface area contributed by atoms with Crippen LogP contribution in [-0.2, 0) is 4.74 Å². The highest BCUT2D eigenvalue weighted by Gasteiger charge is 2.24. The van der Waals surface area contributed by atoms with E-state index >= 15 is 0 Å². The SMILES string of the molecule is CCNC(c1ccc(Cl)cc1)C1CCCOC1. The van der Waals surface area contributed by atoms with E-state index in [4.69, 9.17) is 16.3 Å². The van der Waals surface area contributed by atoms with E-state index in [0.29, 0.717) is 12.0 Å². The van der Waals surface area contributed by atoms with Crippen molar-refractivity contribution in [2.75, 3.05) is 19.8 Å². The molecule has 2 atom stereocenters. The van der Waals surface area contributed by atoms with Crippen molar-refractivity contribution in [3.63, 3.8) is 0 Å². The van der Waals surface area contributed by atoms with Crippen LogP contribution in [0.25, 0.3) is 0 Å². The number of ether oxygens (including phenoxy) is 1. The number of hydrogen-bond acceptors (Lipinski definition) is 2. The van der Waals surface area contributed by atoms with Gasteiger partial charge in [-0.3, -0.25) is 0 Å². The summed E-state index contributed by atoms with van der Waals surface area (Å²) in [5.41, 5.74) is 1.31. The minimum Gasteiger partial charge on any atom is -0.381 e. The van der Waals surface area contributed by atoms with Crippen molar-refractivity contribution in [2.45, 2.75) is 25.8 Å². The Morgan fingerprint density at radius 1 is 1.41 bits per heavy atom. The van der Waals surface area contributed by atoms with Gasteiger partial charge >= 0.3 is 0 Å². The van der Waals surface area contributed by atoms with Crippen LogP contribution in [-0.4, -0.2) is 19.8 Å². The van der Waals surface area contributed by atoms with Crippen molar-refractivity contribution in [3.05, 3.63) is 34.9 Å². The minimum atomic E-state index is 0.387. The van der Waals surface area contributed by atoms with Crippen LogP contribution in [0.3, 0.4) is 0 Å². The molecule has 1 aliphatic heterocycles. The van der Waals surface area contributed by atoms with Gasteiger partial charge in [-0.1, -0.05) is 30.7 Å². The molecule has 0 spiro atoms. The van der Waals surface area contributed by atoms with Gasteiger partial charge in [-0.25, -0.2) is 0 Å². The number of nitrogens with one attached hydrogen (secondary N) is 1. The van der Waals surface area contributed by atoms with Crippen LogP contribution < -0.4 is 5.32 Å². The molecule has 2 unspecified atom stereocenters. The van der Waals surface area contributed by atoms with E-state index in [1.165, 1.54) is 18.4 Å². The summed E-state index contributed by atoms with van der Waals surface area (Å²) in [6.45, 7) is 4.90. The van der Waals surface area contributed by atoms with E-state index in [-0.39, 0.29) is 0 Å². The van der Waals surface area contributed by atoms with Crippen molar-refractivity contribution >= 4 is 11.6 Å². The fourth-order valence-electron chi connectivity index (χ4n) is 2.48. The maximum absolute atomic E-state index is 5.93. The molecule has 1 aromatic rings. The lowest BCUT2D eigenvalue weighted by molar-refractivity contribution is 0.0393. The highest BCUT2D eigenvalue weighted by molar-refractivity contribution is 6.30. The zero-order valence-electron chi connectivity index (χ0n) is 10.3. The summed E-state index contributed by atoms with van der Waals surface area (Å²) in [5.74, 6) is 0.574. The lowest BCUT2D eigenvalue weighted by atomic mass is 9.88. The Morgan fingerprint density at radius 3 is 2.76 bits per heavy atom. The monoisotopic (exact) mass is 253 g/mol. The van der Waals surface area contributed by atoms with Crippen LogP contribution in [0.1, 0.15) is 31.4 Å². The van der Waals surface area contributed by atoms with Crippen LogP contribution in [0.5, 0.6) is 0 Å². The molecule has 0 aliphatic carbocycles. The molecule has 2 rings (SSSR count). The molecule has 1 aliphatic rings. The number of benzene rings is 1. The van der Waals surface area contributed by atoms with Gasteiger partial charge in [0.05, 0.1) is 6.61 Å². The predicted molar refractivity (Wildman–Crippen MR) is 71.4 cm³/mol. The standard InChI is InChI=1S/C14H20ClNO/c1-2-16-14(12-4-3-9-17-10-12)11-5-7-13(15)8-6-11/h5-8,12,14,16H,2-4,9-10H2,1H3. The fourth-order valence-corrected chi connectivity index (χ4v) is 2.60. The fraction of sp³-hybridized carbons (Fsp3) is 0.571. The molecule has 3 heteroatoms. The second-order valence-corrected chi connectivity index (χ2v) is 5.00.